The van der Waals surface area contributed by atoms with Crippen molar-refractivity contribution in [3.63, 3.8) is 0 Å². The summed E-state index contributed by atoms with van der Waals surface area (Å²) in [6.07, 6.45) is 5.70. The van der Waals surface area contributed by atoms with Crippen LogP contribution in [-0.4, -0.2) is 45.5 Å². The molecule has 0 bridgehead atoms. The van der Waals surface area contributed by atoms with Crippen LogP contribution in [0.5, 0.6) is 0 Å². The number of hydrogen-bond acceptors (Lipinski definition) is 5. The lowest BCUT2D eigenvalue weighted by molar-refractivity contribution is -0.140. The van der Waals surface area contributed by atoms with Crippen LogP contribution < -0.4 is 10.5 Å². The topological polar surface area (TPSA) is 91.2 Å². The summed E-state index contributed by atoms with van der Waals surface area (Å²) in [4.78, 5) is 32.8. The minimum absolute atomic E-state index is 0.246. The van der Waals surface area contributed by atoms with Crippen molar-refractivity contribution >= 4 is 34.2 Å². The molecule has 0 fully saturated rings. The fourth-order valence-corrected chi connectivity index (χ4v) is 5.60. The highest BCUT2D eigenvalue weighted by Gasteiger charge is 2.33. The average Bonchev–Trinajstić information content (AvgIpc) is 3.49. The van der Waals surface area contributed by atoms with Crippen molar-refractivity contribution in [3.8, 4) is 0 Å². The molecule has 1 aliphatic heterocycles. The second-order valence-electron chi connectivity index (χ2n) is 8.12. The van der Waals surface area contributed by atoms with Crippen LogP contribution in [0.2, 0.25) is 0 Å². The lowest BCUT2D eigenvalue weighted by Gasteiger charge is -2.22. The van der Waals surface area contributed by atoms with E-state index in [1.54, 1.807) is 24.8 Å². The van der Waals surface area contributed by atoms with Gasteiger partial charge < -0.3 is 15.0 Å². The number of carboxylic acids is 1. The summed E-state index contributed by atoms with van der Waals surface area (Å²) in [7, 11) is 3.87. The van der Waals surface area contributed by atoms with Crippen LogP contribution in [0.1, 0.15) is 22.7 Å². The van der Waals surface area contributed by atoms with Gasteiger partial charge in [-0.05, 0) is 34.4 Å². The molecule has 5 rings (SSSR count). The molecule has 1 unspecified atom stereocenters. The molecule has 3 heterocycles. The van der Waals surface area contributed by atoms with Gasteiger partial charge in [-0.25, -0.2) is 9.78 Å². The lowest BCUT2D eigenvalue weighted by atomic mass is 9.95. The number of benzene rings is 2. The van der Waals surface area contributed by atoms with Crippen LogP contribution in [0, 0.1) is 6.92 Å². The van der Waals surface area contributed by atoms with Crippen molar-refractivity contribution in [2.75, 3.05) is 24.7 Å². The molecule has 7 nitrogen and oxygen atoms in total. The van der Waals surface area contributed by atoms with E-state index in [-0.39, 0.29) is 5.56 Å². The molecule has 8 heteroatoms. The largest absolute Gasteiger partial charge is 0.480 e. The molecule has 1 aliphatic rings. The normalized spacial score (nSPS) is 14.5. The zero-order valence-electron chi connectivity index (χ0n) is 18.8. The Bertz CT molecular complexity index is 1330. The maximum atomic E-state index is 12.8. The number of thioether (sulfide) groups is 1. The smallest absolute Gasteiger partial charge is 0.327 e. The molecule has 0 amide bonds. The summed E-state index contributed by atoms with van der Waals surface area (Å²) in [6.45, 7) is 2.10. The van der Waals surface area contributed by atoms with Gasteiger partial charge in [-0.3, -0.25) is 9.36 Å². The van der Waals surface area contributed by atoms with Crippen LogP contribution in [0.15, 0.2) is 71.0 Å². The molecular formula is C25H26N4O3S. The molecule has 170 valence electrons. The van der Waals surface area contributed by atoms with Gasteiger partial charge in [-0.1, -0.05) is 36.4 Å². The average molecular weight is 463 g/mol. The van der Waals surface area contributed by atoms with E-state index >= 15 is 0 Å². The van der Waals surface area contributed by atoms with Gasteiger partial charge in [0.2, 0.25) is 0 Å². The second-order valence-corrected chi connectivity index (χ2v) is 9.12. The number of rotatable bonds is 4. The number of pyridine rings is 1. The van der Waals surface area contributed by atoms with Crippen molar-refractivity contribution in [2.45, 2.75) is 24.4 Å². The van der Waals surface area contributed by atoms with Crippen LogP contribution in [-0.2, 0) is 11.2 Å². The first-order valence-corrected chi connectivity index (χ1v) is 11.6. The van der Waals surface area contributed by atoms with Gasteiger partial charge in [0, 0.05) is 44.7 Å². The Labute approximate surface area is 196 Å². The van der Waals surface area contributed by atoms with Gasteiger partial charge in [0.1, 0.15) is 11.1 Å². The molecule has 0 spiro atoms. The second kappa shape index (κ2) is 9.54. The molecule has 2 aromatic carbocycles. The minimum Gasteiger partial charge on any atom is -0.480 e. The van der Waals surface area contributed by atoms with E-state index in [1.807, 2.05) is 31.1 Å². The molecule has 1 atom stereocenters. The monoisotopic (exact) mass is 462 g/mol. The van der Waals surface area contributed by atoms with Gasteiger partial charge >= 0.3 is 5.97 Å². The molecule has 0 aliphatic carbocycles. The number of fused-ring (bicyclic) bond motifs is 2. The highest BCUT2D eigenvalue weighted by Crippen LogP contribution is 2.40. The fourth-order valence-electron chi connectivity index (χ4n) is 4.19. The number of hydrogen-bond donors (Lipinski definition) is 2. The van der Waals surface area contributed by atoms with Crippen LogP contribution in [0.25, 0.3) is 10.8 Å². The van der Waals surface area contributed by atoms with Gasteiger partial charge in [0.25, 0.3) is 5.56 Å². The van der Waals surface area contributed by atoms with E-state index in [0.29, 0.717) is 12.2 Å². The van der Waals surface area contributed by atoms with Crippen LogP contribution >= 0.6 is 11.8 Å². The summed E-state index contributed by atoms with van der Waals surface area (Å²) in [5, 5.41) is 12.6. The zero-order valence-corrected chi connectivity index (χ0v) is 19.6. The number of aliphatic carboxylic acids is 1. The molecule has 0 saturated carbocycles. The van der Waals surface area contributed by atoms with Crippen molar-refractivity contribution in [1.29, 1.82) is 0 Å². The van der Waals surface area contributed by atoms with Crippen LogP contribution in [0.3, 0.4) is 0 Å². The number of aryl methyl sites for hydroxylation is 1. The van der Waals surface area contributed by atoms with E-state index in [4.69, 9.17) is 0 Å². The highest BCUT2D eigenvalue weighted by atomic mass is 32.2. The summed E-state index contributed by atoms with van der Waals surface area (Å²) in [6, 6.07) is 13.3. The van der Waals surface area contributed by atoms with E-state index in [0.717, 1.165) is 21.8 Å². The number of nitrogens with zero attached hydrogens (tertiary/aromatic N) is 3. The predicted molar refractivity (Wildman–Crippen MR) is 133 cm³/mol. The van der Waals surface area contributed by atoms with Gasteiger partial charge in [0.15, 0.2) is 0 Å². The summed E-state index contributed by atoms with van der Waals surface area (Å²) >= 11 is 1.44. The summed E-state index contributed by atoms with van der Waals surface area (Å²) in [5.74, 6) is -0.585. The van der Waals surface area contributed by atoms with Crippen LogP contribution in [0.4, 0.5) is 5.69 Å². The quantitative estimate of drug-likeness (QED) is 0.474. The number of carboxylic acid groups (broad SMARTS) is 1. The van der Waals surface area contributed by atoms with E-state index < -0.39 is 12.0 Å². The highest BCUT2D eigenvalue weighted by molar-refractivity contribution is 7.99. The third-order valence-corrected chi connectivity index (χ3v) is 6.85. The number of aromatic amines is 1. The molecule has 4 aromatic rings. The summed E-state index contributed by atoms with van der Waals surface area (Å²) < 4.78 is 1.43. The third kappa shape index (κ3) is 4.52. The van der Waals surface area contributed by atoms with Crippen molar-refractivity contribution in [3.05, 3.63) is 88.2 Å². The Kier molecular flexibility index (Phi) is 6.55. The predicted octanol–water partition coefficient (Wildman–Crippen LogP) is 4.11. The first-order chi connectivity index (χ1) is 15.9. The first-order valence-electron chi connectivity index (χ1n) is 10.6. The van der Waals surface area contributed by atoms with Gasteiger partial charge in [0.05, 0.1) is 12.0 Å². The summed E-state index contributed by atoms with van der Waals surface area (Å²) in [5.41, 5.74) is 3.99. The third-order valence-electron chi connectivity index (χ3n) is 5.70. The molecule has 33 heavy (non-hydrogen) atoms. The Morgan fingerprint density at radius 3 is 2.58 bits per heavy atom. The van der Waals surface area contributed by atoms with Crippen molar-refractivity contribution in [1.82, 2.24) is 14.5 Å². The van der Waals surface area contributed by atoms with E-state index in [9.17, 15) is 14.7 Å². The van der Waals surface area contributed by atoms with Crippen molar-refractivity contribution < 1.29 is 9.90 Å². The lowest BCUT2D eigenvalue weighted by Crippen LogP contribution is -2.30. The fraction of sp³-hybridized carbons (Fsp3) is 0.240. The Morgan fingerprint density at radius 2 is 1.97 bits per heavy atom. The number of imidazole rings is 1. The van der Waals surface area contributed by atoms with Gasteiger partial charge in [-0.2, -0.15) is 0 Å². The standard InChI is InChI=1S/C22H22N2O3S.C3H4N2/c1-13-8-9-14(17-7-5-4-6-16(13)17)10-15-11-19(25)24-18(22(26)27)12-28-21(24)20(15)23(2)3;1-2-5-3-4-1/h4-9,11,18H,10,12H2,1-3H3,(H,26,27);1-3H,(H,4,5). The Balaban J connectivity index is 0.000000459. The molecule has 0 saturated heterocycles. The minimum atomic E-state index is -0.963. The molecule has 2 N–H and O–H groups in total. The Morgan fingerprint density at radius 1 is 1.21 bits per heavy atom. The SMILES string of the molecule is Cc1ccc(Cc2cc(=O)n3c(c2N(C)C)SCC3C(=O)O)c2ccccc12.c1c[nH]cn1. The van der Waals surface area contributed by atoms with E-state index in [2.05, 4.69) is 41.2 Å². The zero-order chi connectivity index (χ0) is 23.5. The van der Waals surface area contributed by atoms with E-state index in [1.165, 1.54) is 32.7 Å². The maximum Gasteiger partial charge on any atom is 0.327 e. The first kappa shape index (κ1) is 22.7. The number of aromatic nitrogens is 3. The number of nitrogens with one attached hydrogen (secondary N) is 1. The number of H-pyrrole nitrogens is 1. The van der Waals surface area contributed by atoms with Gasteiger partial charge in [-0.15, -0.1) is 11.8 Å². The Hall–Kier alpha value is -3.52. The number of anilines is 1. The molecule has 0 radical (unpaired) electrons. The van der Waals surface area contributed by atoms with Crippen molar-refractivity contribution in [2.24, 2.45) is 0 Å². The number of carbonyl (C=O) groups is 1. The molecular weight excluding hydrogens is 436 g/mol. The molecule has 2 aromatic heterocycles. The maximum absolute atomic E-state index is 12.8.